The summed E-state index contributed by atoms with van der Waals surface area (Å²) < 4.78 is 19.9. The van der Waals surface area contributed by atoms with Crippen LogP contribution in [0, 0.1) is 12.7 Å². The predicted octanol–water partition coefficient (Wildman–Crippen LogP) is 6.45. The van der Waals surface area contributed by atoms with Crippen molar-refractivity contribution < 1.29 is 13.7 Å². The third kappa shape index (κ3) is 4.33. The third-order valence-corrected chi connectivity index (χ3v) is 6.18. The molecule has 6 nitrogen and oxygen atoms in total. The van der Waals surface area contributed by atoms with Crippen LogP contribution in [0.5, 0.6) is 0 Å². The van der Waals surface area contributed by atoms with Crippen molar-refractivity contribution in [3.8, 4) is 11.4 Å². The molecule has 0 bridgehead atoms. The first-order chi connectivity index (χ1) is 16.9. The Morgan fingerprint density at radius 3 is 2.60 bits per heavy atom. The summed E-state index contributed by atoms with van der Waals surface area (Å²) in [6.45, 7) is 5.90. The Morgan fingerprint density at radius 1 is 1.03 bits per heavy atom. The van der Waals surface area contributed by atoms with Gasteiger partial charge in [0.25, 0.3) is 5.89 Å². The van der Waals surface area contributed by atoms with E-state index in [4.69, 9.17) is 4.52 Å². The molecule has 0 radical (unpaired) electrons. The van der Waals surface area contributed by atoms with Crippen molar-refractivity contribution in [2.45, 2.75) is 33.2 Å². The van der Waals surface area contributed by atoms with Crippen LogP contribution in [0.3, 0.4) is 0 Å². The SMILES string of the molecule is CCc1cccc(N2C(=O)NC(c3cccc(F)c3)C(c3nc(-c4cccc(C)c4)no3)=C2C)c1. The van der Waals surface area contributed by atoms with Gasteiger partial charge in [0, 0.05) is 11.3 Å². The molecule has 0 saturated carbocycles. The average molecular weight is 469 g/mol. The van der Waals surface area contributed by atoms with Crippen molar-refractivity contribution in [2.75, 3.05) is 4.90 Å². The van der Waals surface area contributed by atoms with Gasteiger partial charge in [-0.15, -0.1) is 0 Å². The number of anilines is 1. The van der Waals surface area contributed by atoms with Gasteiger partial charge in [0.05, 0.1) is 17.3 Å². The van der Waals surface area contributed by atoms with Gasteiger partial charge in [0.15, 0.2) is 0 Å². The zero-order chi connectivity index (χ0) is 24.5. The van der Waals surface area contributed by atoms with E-state index in [9.17, 15) is 9.18 Å². The number of rotatable bonds is 5. The summed E-state index contributed by atoms with van der Waals surface area (Å²) in [6, 6.07) is 20.8. The summed E-state index contributed by atoms with van der Waals surface area (Å²) in [6.07, 6.45) is 0.842. The van der Waals surface area contributed by atoms with Crippen LogP contribution in [0.15, 0.2) is 83.0 Å². The van der Waals surface area contributed by atoms with Crippen LogP contribution >= 0.6 is 0 Å². The number of hydrogen-bond donors (Lipinski definition) is 1. The molecule has 176 valence electrons. The fourth-order valence-electron chi connectivity index (χ4n) is 4.42. The van der Waals surface area contributed by atoms with Gasteiger partial charge in [-0.05, 0) is 61.7 Å². The Balaban J connectivity index is 1.67. The summed E-state index contributed by atoms with van der Waals surface area (Å²) in [5.74, 6) is 0.321. The van der Waals surface area contributed by atoms with Crippen LogP contribution in [0.1, 0.15) is 42.5 Å². The van der Waals surface area contributed by atoms with Crippen LogP contribution in [-0.2, 0) is 6.42 Å². The van der Waals surface area contributed by atoms with Crippen molar-refractivity contribution >= 4 is 17.3 Å². The lowest BCUT2D eigenvalue weighted by Crippen LogP contribution is -2.46. The predicted molar refractivity (Wildman–Crippen MR) is 133 cm³/mol. The Hall–Kier alpha value is -4.26. The molecule has 0 fully saturated rings. The topological polar surface area (TPSA) is 71.3 Å². The minimum atomic E-state index is -0.658. The molecule has 3 aromatic carbocycles. The molecule has 0 spiro atoms. The van der Waals surface area contributed by atoms with Crippen molar-refractivity contribution in [1.29, 1.82) is 0 Å². The molecule has 0 aliphatic carbocycles. The molecule has 7 heteroatoms. The molecule has 1 atom stereocenters. The molecule has 4 aromatic rings. The molecule has 35 heavy (non-hydrogen) atoms. The minimum Gasteiger partial charge on any atom is -0.334 e. The molecule has 2 amide bonds. The second-order valence-electron chi connectivity index (χ2n) is 8.59. The zero-order valence-electron chi connectivity index (χ0n) is 19.7. The standard InChI is InChI=1S/C28H25FN4O2/c1-4-19-9-6-13-23(15-19)33-18(3)24(25(30-28(33)34)20-10-7-12-22(29)16-20)27-31-26(32-35-27)21-11-5-8-17(2)14-21/h5-16,25H,4H2,1-3H3,(H,30,34). The highest BCUT2D eigenvalue weighted by Gasteiger charge is 2.36. The van der Waals surface area contributed by atoms with Gasteiger partial charge in [0.2, 0.25) is 5.82 Å². The smallest absolute Gasteiger partial charge is 0.326 e. The maximum atomic E-state index is 14.1. The number of urea groups is 1. The van der Waals surface area contributed by atoms with Crippen molar-refractivity contribution in [3.63, 3.8) is 0 Å². The summed E-state index contributed by atoms with van der Waals surface area (Å²) in [5, 5.41) is 7.22. The number of hydrogen-bond acceptors (Lipinski definition) is 4. The van der Waals surface area contributed by atoms with E-state index < -0.39 is 11.9 Å². The van der Waals surface area contributed by atoms with Gasteiger partial charge in [-0.25, -0.2) is 9.18 Å². The van der Waals surface area contributed by atoms with E-state index in [2.05, 4.69) is 22.4 Å². The van der Waals surface area contributed by atoms with E-state index in [1.165, 1.54) is 12.1 Å². The van der Waals surface area contributed by atoms with Gasteiger partial charge in [-0.2, -0.15) is 4.98 Å². The highest BCUT2D eigenvalue weighted by atomic mass is 19.1. The number of nitrogens with one attached hydrogen (secondary N) is 1. The van der Waals surface area contributed by atoms with E-state index in [-0.39, 0.29) is 11.9 Å². The van der Waals surface area contributed by atoms with Crippen LogP contribution in [0.4, 0.5) is 14.9 Å². The number of halogens is 1. The Labute approximate surface area is 203 Å². The minimum absolute atomic E-state index is 0.268. The van der Waals surface area contributed by atoms with E-state index in [1.807, 2.05) is 62.4 Å². The highest BCUT2D eigenvalue weighted by Crippen LogP contribution is 2.39. The first-order valence-electron chi connectivity index (χ1n) is 11.5. The lowest BCUT2D eigenvalue weighted by atomic mass is 9.94. The largest absolute Gasteiger partial charge is 0.334 e. The van der Waals surface area contributed by atoms with Gasteiger partial charge in [-0.1, -0.05) is 60.1 Å². The molecular weight excluding hydrogens is 443 g/mol. The Morgan fingerprint density at radius 2 is 1.83 bits per heavy atom. The van der Waals surface area contributed by atoms with Gasteiger partial charge in [0.1, 0.15) is 5.82 Å². The Kier molecular flexibility index (Phi) is 5.91. The molecular formula is C28H25FN4O2. The van der Waals surface area contributed by atoms with Crippen LogP contribution in [0.2, 0.25) is 0 Å². The number of carbonyl (C=O) groups excluding carboxylic acids is 1. The number of nitrogens with zero attached hydrogens (tertiary/aromatic N) is 3. The van der Waals surface area contributed by atoms with E-state index in [1.54, 1.807) is 17.0 Å². The fraction of sp³-hybridized carbons (Fsp3) is 0.179. The molecule has 1 N–H and O–H groups in total. The van der Waals surface area contributed by atoms with Gasteiger partial charge >= 0.3 is 6.03 Å². The number of aryl methyl sites for hydroxylation is 2. The van der Waals surface area contributed by atoms with Crippen molar-refractivity contribution in [2.24, 2.45) is 0 Å². The average Bonchev–Trinajstić information content (AvgIpc) is 3.34. The van der Waals surface area contributed by atoms with E-state index >= 15 is 0 Å². The number of amides is 2. The molecule has 1 aliphatic rings. The zero-order valence-corrected chi connectivity index (χ0v) is 19.7. The number of benzene rings is 3. The second-order valence-corrected chi connectivity index (χ2v) is 8.59. The van der Waals surface area contributed by atoms with E-state index in [0.717, 1.165) is 28.8 Å². The Bertz CT molecular complexity index is 1440. The number of carbonyl (C=O) groups is 1. The maximum absolute atomic E-state index is 14.1. The van der Waals surface area contributed by atoms with Crippen LogP contribution in [0.25, 0.3) is 17.0 Å². The third-order valence-electron chi connectivity index (χ3n) is 6.18. The maximum Gasteiger partial charge on any atom is 0.326 e. The summed E-state index contributed by atoms with van der Waals surface area (Å²) in [7, 11) is 0. The lowest BCUT2D eigenvalue weighted by Gasteiger charge is -2.35. The summed E-state index contributed by atoms with van der Waals surface area (Å²) in [4.78, 5) is 19.6. The molecule has 1 aliphatic heterocycles. The van der Waals surface area contributed by atoms with Crippen molar-refractivity contribution in [1.82, 2.24) is 15.5 Å². The fourth-order valence-corrected chi connectivity index (χ4v) is 4.42. The summed E-state index contributed by atoms with van der Waals surface area (Å²) in [5.41, 5.74) is 5.58. The van der Waals surface area contributed by atoms with E-state index in [0.29, 0.717) is 22.7 Å². The van der Waals surface area contributed by atoms with Gasteiger partial charge < -0.3 is 9.84 Å². The monoisotopic (exact) mass is 468 g/mol. The molecule has 1 aromatic heterocycles. The number of allylic oxidation sites excluding steroid dienone is 1. The molecule has 0 saturated heterocycles. The van der Waals surface area contributed by atoms with Crippen LogP contribution < -0.4 is 10.2 Å². The van der Waals surface area contributed by atoms with Gasteiger partial charge in [-0.3, -0.25) is 4.90 Å². The second kappa shape index (κ2) is 9.18. The summed E-state index contributed by atoms with van der Waals surface area (Å²) >= 11 is 0. The lowest BCUT2D eigenvalue weighted by molar-refractivity contribution is 0.244. The van der Waals surface area contributed by atoms with Crippen LogP contribution in [-0.4, -0.2) is 16.2 Å². The van der Waals surface area contributed by atoms with Crippen molar-refractivity contribution in [3.05, 3.63) is 107 Å². The molecule has 1 unspecified atom stereocenters. The normalized spacial score (nSPS) is 15.9. The molecule has 2 heterocycles. The first-order valence-corrected chi connectivity index (χ1v) is 11.5. The highest BCUT2D eigenvalue weighted by molar-refractivity contribution is 6.01. The first kappa shape index (κ1) is 22.5. The molecule has 5 rings (SSSR count). The quantitative estimate of drug-likeness (QED) is 0.365. The number of aromatic nitrogens is 2.